The number of alkyl halides is 1. The predicted octanol–water partition coefficient (Wildman–Crippen LogP) is -0.614. The Bertz CT molecular complexity index is 194. The zero-order chi connectivity index (χ0) is 8.43. The van der Waals surface area contributed by atoms with Crippen LogP contribution < -0.4 is 5.32 Å². The molecule has 1 aliphatic heterocycles. The van der Waals surface area contributed by atoms with E-state index < -0.39 is 24.1 Å². The van der Waals surface area contributed by atoms with Gasteiger partial charge in [-0.2, -0.15) is 0 Å². The van der Waals surface area contributed by atoms with Crippen molar-refractivity contribution in [2.75, 3.05) is 7.11 Å². The number of methoxy groups -OCH3 is 1. The largest absolute Gasteiger partial charge is 0.467 e. The van der Waals surface area contributed by atoms with E-state index in [1.54, 1.807) is 0 Å². The molecule has 0 aromatic carbocycles. The molecule has 0 bridgehead atoms. The number of amides is 1. The van der Waals surface area contributed by atoms with Crippen molar-refractivity contribution in [3.05, 3.63) is 0 Å². The topological polar surface area (TPSA) is 55.4 Å². The van der Waals surface area contributed by atoms with Gasteiger partial charge in [-0.05, 0) is 0 Å². The zero-order valence-electron chi connectivity index (χ0n) is 5.96. The minimum Gasteiger partial charge on any atom is -0.467 e. The third-order valence-electron chi connectivity index (χ3n) is 1.53. The Kier molecular flexibility index (Phi) is 2.07. The first-order chi connectivity index (χ1) is 5.15. The van der Waals surface area contributed by atoms with E-state index in [2.05, 4.69) is 10.1 Å². The number of carbonyl (C=O) groups is 2. The molecule has 0 aromatic heterocycles. The molecule has 0 aromatic rings. The molecule has 0 unspecified atom stereocenters. The lowest BCUT2D eigenvalue weighted by molar-refractivity contribution is -0.143. The highest BCUT2D eigenvalue weighted by Crippen LogP contribution is 2.11. The summed E-state index contributed by atoms with van der Waals surface area (Å²) in [6.45, 7) is 0. The average Bonchev–Trinajstić information content (AvgIpc) is 2.31. The van der Waals surface area contributed by atoms with E-state index in [0.717, 1.165) is 0 Å². The van der Waals surface area contributed by atoms with Gasteiger partial charge in [-0.3, -0.25) is 4.79 Å². The van der Waals surface area contributed by atoms with Crippen LogP contribution in [0.3, 0.4) is 0 Å². The fraction of sp³-hybridized carbons (Fsp3) is 0.667. The van der Waals surface area contributed by atoms with E-state index in [-0.39, 0.29) is 6.42 Å². The first kappa shape index (κ1) is 7.97. The third-order valence-corrected chi connectivity index (χ3v) is 1.53. The average molecular weight is 161 g/mol. The van der Waals surface area contributed by atoms with E-state index in [1.807, 2.05) is 0 Å². The van der Waals surface area contributed by atoms with Crippen molar-refractivity contribution in [2.24, 2.45) is 0 Å². The van der Waals surface area contributed by atoms with Crippen molar-refractivity contribution < 1.29 is 18.7 Å². The normalized spacial score (nSPS) is 29.8. The molecule has 11 heavy (non-hydrogen) atoms. The maximum Gasteiger partial charge on any atom is 0.328 e. The standard InChI is InChI=1S/C6H8FNO3/c1-11-6(10)4-2-3(7)5(9)8-4/h3-4H,2H2,1H3,(H,8,9)/t3-,4+/m0/s1. The lowest BCUT2D eigenvalue weighted by atomic mass is 10.2. The second-order valence-corrected chi connectivity index (χ2v) is 2.29. The van der Waals surface area contributed by atoms with Crippen LogP contribution >= 0.6 is 0 Å². The lowest BCUT2D eigenvalue weighted by Crippen LogP contribution is -2.34. The van der Waals surface area contributed by atoms with Gasteiger partial charge in [-0.25, -0.2) is 9.18 Å². The summed E-state index contributed by atoms with van der Waals surface area (Å²) in [5.74, 6) is -1.33. The molecule has 1 N–H and O–H groups in total. The van der Waals surface area contributed by atoms with Crippen LogP contribution in [-0.2, 0) is 14.3 Å². The summed E-state index contributed by atoms with van der Waals surface area (Å²) in [7, 11) is 1.19. The molecule has 1 aliphatic rings. The van der Waals surface area contributed by atoms with Crippen LogP contribution in [-0.4, -0.2) is 31.2 Å². The minimum absolute atomic E-state index is 0.120. The van der Waals surface area contributed by atoms with Crippen molar-refractivity contribution in [3.63, 3.8) is 0 Å². The van der Waals surface area contributed by atoms with Crippen LogP contribution in [0.25, 0.3) is 0 Å². The molecule has 4 nitrogen and oxygen atoms in total. The molecule has 2 atom stereocenters. The summed E-state index contributed by atoms with van der Waals surface area (Å²) >= 11 is 0. The third kappa shape index (κ3) is 1.47. The van der Waals surface area contributed by atoms with Crippen molar-refractivity contribution in [1.82, 2.24) is 5.32 Å². The van der Waals surface area contributed by atoms with Gasteiger partial charge in [-0.15, -0.1) is 0 Å². The summed E-state index contributed by atoms with van der Waals surface area (Å²) in [6.07, 6.45) is -1.69. The van der Waals surface area contributed by atoms with E-state index in [1.165, 1.54) is 7.11 Å². The van der Waals surface area contributed by atoms with Crippen LogP contribution in [0.2, 0.25) is 0 Å². The molecule has 0 aliphatic carbocycles. The highest BCUT2D eigenvalue weighted by molar-refractivity contribution is 5.90. The Hall–Kier alpha value is -1.13. The monoisotopic (exact) mass is 161 g/mol. The van der Waals surface area contributed by atoms with Crippen molar-refractivity contribution in [1.29, 1.82) is 0 Å². The zero-order valence-corrected chi connectivity index (χ0v) is 5.96. The van der Waals surface area contributed by atoms with Gasteiger partial charge in [0.25, 0.3) is 5.91 Å². The van der Waals surface area contributed by atoms with Crippen molar-refractivity contribution in [3.8, 4) is 0 Å². The van der Waals surface area contributed by atoms with Gasteiger partial charge in [0.15, 0.2) is 6.17 Å². The molecule has 62 valence electrons. The summed E-state index contributed by atoms with van der Waals surface area (Å²) in [4.78, 5) is 21.2. The number of hydrogen-bond donors (Lipinski definition) is 1. The van der Waals surface area contributed by atoms with Gasteiger partial charge in [0.1, 0.15) is 6.04 Å². The molecule has 1 rings (SSSR count). The van der Waals surface area contributed by atoms with Gasteiger partial charge in [-0.1, -0.05) is 0 Å². The second-order valence-electron chi connectivity index (χ2n) is 2.29. The number of ether oxygens (including phenoxy) is 1. The highest BCUT2D eigenvalue weighted by Gasteiger charge is 2.36. The van der Waals surface area contributed by atoms with Crippen LogP contribution in [0.4, 0.5) is 4.39 Å². The first-order valence-electron chi connectivity index (χ1n) is 3.17. The molecular weight excluding hydrogens is 153 g/mol. The van der Waals surface area contributed by atoms with Crippen LogP contribution in [0.15, 0.2) is 0 Å². The Balaban J connectivity index is 2.53. The number of hydrogen-bond acceptors (Lipinski definition) is 3. The molecule has 1 amide bonds. The summed E-state index contributed by atoms with van der Waals surface area (Å²) < 4.78 is 16.8. The Morgan fingerprint density at radius 1 is 1.82 bits per heavy atom. The number of esters is 1. The summed E-state index contributed by atoms with van der Waals surface area (Å²) in [5, 5.41) is 2.17. The van der Waals surface area contributed by atoms with Gasteiger partial charge in [0.05, 0.1) is 7.11 Å². The molecule has 1 fully saturated rings. The fourth-order valence-corrected chi connectivity index (χ4v) is 0.932. The fourth-order valence-electron chi connectivity index (χ4n) is 0.932. The molecular formula is C6H8FNO3. The van der Waals surface area contributed by atoms with Gasteiger partial charge in [0, 0.05) is 6.42 Å². The molecule has 0 saturated carbocycles. The van der Waals surface area contributed by atoms with Gasteiger partial charge in [0.2, 0.25) is 0 Å². The van der Waals surface area contributed by atoms with Gasteiger partial charge >= 0.3 is 5.97 Å². The quantitative estimate of drug-likeness (QED) is 0.522. The lowest BCUT2D eigenvalue weighted by Gasteiger charge is -2.04. The minimum atomic E-state index is -1.57. The Labute approximate surface area is 62.7 Å². The van der Waals surface area contributed by atoms with Gasteiger partial charge < -0.3 is 10.1 Å². The van der Waals surface area contributed by atoms with E-state index >= 15 is 0 Å². The number of nitrogens with one attached hydrogen (secondary N) is 1. The summed E-state index contributed by atoms with van der Waals surface area (Å²) in [6, 6.07) is -0.803. The Morgan fingerprint density at radius 3 is 2.82 bits per heavy atom. The first-order valence-corrected chi connectivity index (χ1v) is 3.17. The van der Waals surface area contributed by atoms with E-state index in [9.17, 15) is 14.0 Å². The highest BCUT2D eigenvalue weighted by atomic mass is 19.1. The number of carbonyl (C=O) groups excluding carboxylic acids is 2. The van der Waals surface area contributed by atoms with Crippen LogP contribution in [0.5, 0.6) is 0 Å². The maximum atomic E-state index is 12.4. The summed E-state index contributed by atoms with van der Waals surface area (Å²) in [5.41, 5.74) is 0. The van der Waals surface area contributed by atoms with E-state index in [4.69, 9.17) is 0 Å². The molecule has 1 saturated heterocycles. The SMILES string of the molecule is COC(=O)[C@H]1C[C@H](F)C(=O)N1. The molecule has 5 heteroatoms. The van der Waals surface area contributed by atoms with E-state index in [0.29, 0.717) is 0 Å². The van der Waals surface area contributed by atoms with Crippen molar-refractivity contribution >= 4 is 11.9 Å². The number of halogens is 1. The van der Waals surface area contributed by atoms with Crippen LogP contribution in [0.1, 0.15) is 6.42 Å². The molecule has 0 spiro atoms. The van der Waals surface area contributed by atoms with Crippen LogP contribution in [0, 0.1) is 0 Å². The molecule has 0 radical (unpaired) electrons. The van der Waals surface area contributed by atoms with Crippen molar-refractivity contribution in [2.45, 2.75) is 18.6 Å². The maximum absolute atomic E-state index is 12.4. The smallest absolute Gasteiger partial charge is 0.328 e. The molecule has 1 heterocycles. The predicted molar refractivity (Wildman–Crippen MR) is 33.5 cm³/mol. The Morgan fingerprint density at radius 2 is 2.45 bits per heavy atom. The number of rotatable bonds is 1. The second kappa shape index (κ2) is 2.86.